The molecule has 3 nitrogen and oxygen atoms in total. The van der Waals surface area contributed by atoms with E-state index in [-0.39, 0.29) is 11.1 Å². The fourth-order valence-electron chi connectivity index (χ4n) is 2.13. The molecule has 1 aromatic heterocycles. The van der Waals surface area contributed by atoms with Gasteiger partial charge in [-0.2, -0.15) is 0 Å². The van der Waals surface area contributed by atoms with E-state index in [0.717, 1.165) is 29.3 Å². The van der Waals surface area contributed by atoms with E-state index in [2.05, 4.69) is 0 Å². The Morgan fingerprint density at radius 2 is 1.94 bits per heavy atom. The van der Waals surface area contributed by atoms with Crippen LogP contribution in [0.4, 0.5) is 0 Å². The van der Waals surface area contributed by atoms with Crippen molar-refractivity contribution in [1.82, 2.24) is 4.57 Å². The Balaban J connectivity index is 2.46. The van der Waals surface area contributed by atoms with Crippen LogP contribution >= 0.6 is 0 Å². The van der Waals surface area contributed by atoms with Crippen LogP contribution in [-0.2, 0) is 13.5 Å². The predicted octanol–water partition coefficient (Wildman–Crippen LogP) is 2.21. The van der Waals surface area contributed by atoms with Gasteiger partial charge < -0.3 is 10.3 Å². The number of nitrogens with zero attached hydrogens (tertiary/aromatic N) is 1. The highest BCUT2D eigenvalue weighted by Crippen LogP contribution is 2.15. The number of aryl methyl sites for hydroxylation is 2. The number of benzene rings is 1. The Morgan fingerprint density at radius 1 is 1.28 bits per heavy atom. The quantitative estimate of drug-likeness (QED) is 0.900. The van der Waals surface area contributed by atoms with Crippen LogP contribution in [0, 0.1) is 0 Å². The van der Waals surface area contributed by atoms with E-state index in [1.807, 2.05) is 51.2 Å². The fraction of sp³-hybridized carbons (Fsp3) is 0.400. The summed E-state index contributed by atoms with van der Waals surface area (Å²) in [6.45, 7) is 3.97. The lowest BCUT2D eigenvalue weighted by molar-refractivity contribution is 0.475. The molecule has 0 amide bonds. The highest BCUT2D eigenvalue weighted by Gasteiger charge is 2.13. The van der Waals surface area contributed by atoms with Crippen LogP contribution < -0.4 is 11.3 Å². The molecule has 18 heavy (non-hydrogen) atoms. The molecule has 1 heterocycles. The zero-order valence-electron chi connectivity index (χ0n) is 11.2. The summed E-state index contributed by atoms with van der Waals surface area (Å²) in [5.41, 5.74) is 7.63. The molecule has 0 atom stereocenters. The molecule has 2 aromatic rings. The Kier molecular flexibility index (Phi) is 3.26. The van der Waals surface area contributed by atoms with Crippen molar-refractivity contribution >= 4 is 10.9 Å². The molecule has 96 valence electrons. The van der Waals surface area contributed by atoms with Crippen LogP contribution in [0.25, 0.3) is 10.9 Å². The van der Waals surface area contributed by atoms with Crippen molar-refractivity contribution in [1.29, 1.82) is 0 Å². The summed E-state index contributed by atoms with van der Waals surface area (Å²) in [5.74, 6) is 0. The molecule has 0 radical (unpaired) electrons. The smallest absolute Gasteiger partial charge is 0.253 e. The first kappa shape index (κ1) is 12.8. The molecule has 0 saturated carbocycles. The van der Waals surface area contributed by atoms with Gasteiger partial charge in [0.05, 0.1) is 5.52 Å². The van der Waals surface area contributed by atoms with E-state index >= 15 is 0 Å². The van der Waals surface area contributed by atoms with Crippen molar-refractivity contribution in [2.75, 3.05) is 0 Å². The average molecular weight is 244 g/mol. The molecule has 0 unspecified atom stereocenters. The lowest BCUT2D eigenvalue weighted by Crippen LogP contribution is -2.33. The molecule has 2 N–H and O–H groups in total. The van der Waals surface area contributed by atoms with E-state index < -0.39 is 0 Å². The first-order valence-electron chi connectivity index (χ1n) is 6.25. The Hall–Kier alpha value is -1.61. The van der Waals surface area contributed by atoms with Gasteiger partial charge in [-0.3, -0.25) is 4.79 Å². The summed E-state index contributed by atoms with van der Waals surface area (Å²) in [6.07, 6.45) is 1.53. The fourth-order valence-corrected chi connectivity index (χ4v) is 2.13. The number of hydrogen-bond donors (Lipinski definition) is 1. The van der Waals surface area contributed by atoms with Crippen molar-refractivity contribution in [3.8, 4) is 0 Å². The van der Waals surface area contributed by atoms with Crippen LogP contribution in [0.1, 0.15) is 25.8 Å². The summed E-state index contributed by atoms with van der Waals surface area (Å²) < 4.78 is 1.72. The zero-order valence-corrected chi connectivity index (χ0v) is 11.2. The Bertz CT molecular complexity index is 620. The second-order valence-electron chi connectivity index (χ2n) is 5.58. The Labute approximate surface area is 107 Å². The van der Waals surface area contributed by atoms with Crippen molar-refractivity contribution < 1.29 is 0 Å². The van der Waals surface area contributed by atoms with Gasteiger partial charge in [0.2, 0.25) is 0 Å². The number of rotatable bonds is 3. The minimum Gasteiger partial charge on any atom is -0.326 e. The summed E-state index contributed by atoms with van der Waals surface area (Å²) >= 11 is 0. The van der Waals surface area contributed by atoms with Crippen LogP contribution in [0.3, 0.4) is 0 Å². The molecular formula is C15H20N2O. The third-order valence-corrected chi connectivity index (χ3v) is 3.25. The first-order valence-corrected chi connectivity index (χ1v) is 6.25. The van der Waals surface area contributed by atoms with E-state index in [9.17, 15) is 4.79 Å². The molecule has 1 aromatic carbocycles. The number of para-hydroxylation sites is 1. The highest BCUT2D eigenvalue weighted by atomic mass is 16.1. The third-order valence-electron chi connectivity index (χ3n) is 3.25. The first-order chi connectivity index (χ1) is 8.38. The molecule has 0 saturated heterocycles. The monoisotopic (exact) mass is 244 g/mol. The van der Waals surface area contributed by atoms with Gasteiger partial charge in [0.1, 0.15) is 0 Å². The Morgan fingerprint density at radius 3 is 2.61 bits per heavy atom. The SMILES string of the molecule is Cn1c(=O)c(CCC(C)(C)N)cc2ccccc21. The molecule has 3 heteroatoms. The van der Waals surface area contributed by atoms with E-state index in [1.165, 1.54) is 0 Å². The normalized spacial score (nSPS) is 12.0. The molecule has 0 aliphatic rings. The maximum atomic E-state index is 12.2. The minimum atomic E-state index is -0.239. The van der Waals surface area contributed by atoms with E-state index in [0.29, 0.717) is 0 Å². The number of hydrogen-bond acceptors (Lipinski definition) is 2. The van der Waals surface area contributed by atoms with Crippen molar-refractivity contribution in [3.05, 3.63) is 46.2 Å². The number of nitrogens with two attached hydrogens (primary N) is 1. The molecule has 2 rings (SSSR count). The number of pyridine rings is 1. The van der Waals surface area contributed by atoms with Gasteiger partial charge in [0.15, 0.2) is 0 Å². The van der Waals surface area contributed by atoms with Gasteiger partial charge in [0.25, 0.3) is 5.56 Å². The van der Waals surface area contributed by atoms with E-state index in [1.54, 1.807) is 4.57 Å². The van der Waals surface area contributed by atoms with Gasteiger partial charge in [-0.1, -0.05) is 18.2 Å². The van der Waals surface area contributed by atoms with E-state index in [4.69, 9.17) is 5.73 Å². The molecule has 0 fully saturated rings. The van der Waals surface area contributed by atoms with Crippen LogP contribution in [0.5, 0.6) is 0 Å². The van der Waals surface area contributed by atoms with Gasteiger partial charge in [0, 0.05) is 18.2 Å². The molecule has 0 aliphatic heterocycles. The standard InChI is InChI=1S/C15H20N2O/c1-15(2,16)9-8-12-10-11-6-4-5-7-13(11)17(3)14(12)18/h4-7,10H,8-9,16H2,1-3H3. The van der Waals surface area contributed by atoms with Gasteiger partial charge in [-0.25, -0.2) is 0 Å². The van der Waals surface area contributed by atoms with Gasteiger partial charge >= 0.3 is 0 Å². The molecule has 0 aliphatic carbocycles. The topological polar surface area (TPSA) is 48.0 Å². The second kappa shape index (κ2) is 4.58. The van der Waals surface area contributed by atoms with Crippen molar-refractivity contribution in [2.24, 2.45) is 12.8 Å². The second-order valence-corrected chi connectivity index (χ2v) is 5.58. The maximum Gasteiger partial charge on any atom is 0.253 e. The minimum absolute atomic E-state index is 0.0814. The largest absolute Gasteiger partial charge is 0.326 e. The molecular weight excluding hydrogens is 224 g/mol. The number of aromatic nitrogens is 1. The summed E-state index contributed by atoms with van der Waals surface area (Å²) in [5, 5.41) is 1.10. The molecule has 0 spiro atoms. The zero-order chi connectivity index (χ0) is 13.3. The van der Waals surface area contributed by atoms with Crippen molar-refractivity contribution in [3.63, 3.8) is 0 Å². The lowest BCUT2D eigenvalue weighted by Gasteiger charge is -2.18. The van der Waals surface area contributed by atoms with Gasteiger partial charge in [-0.05, 0) is 44.2 Å². The van der Waals surface area contributed by atoms with Gasteiger partial charge in [-0.15, -0.1) is 0 Å². The lowest BCUT2D eigenvalue weighted by atomic mass is 9.96. The summed E-state index contributed by atoms with van der Waals surface area (Å²) in [6, 6.07) is 9.93. The van der Waals surface area contributed by atoms with Crippen LogP contribution in [0.2, 0.25) is 0 Å². The average Bonchev–Trinajstić information content (AvgIpc) is 2.31. The summed E-state index contributed by atoms with van der Waals surface area (Å²) in [4.78, 5) is 12.2. The highest BCUT2D eigenvalue weighted by molar-refractivity contribution is 5.79. The predicted molar refractivity (Wildman–Crippen MR) is 75.8 cm³/mol. The maximum absolute atomic E-state index is 12.2. The molecule has 0 bridgehead atoms. The third kappa shape index (κ3) is 2.62. The number of fused-ring (bicyclic) bond motifs is 1. The summed E-state index contributed by atoms with van der Waals surface area (Å²) in [7, 11) is 1.82. The van der Waals surface area contributed by atoms with Crippen LogP contribution in [0.15, 0.2) is 35.1 Å². The van der Waals surface area contributed by atoms with Crippen LogP contribution in [-0.4, -0.2) is 10.1 Å². The van der Waals surface area contributed by atoms with Crippen molar-refractivity contribution in [2.45, 2.75) is 32.2 Å².